The van der Waals surface area contributed by atoms with Gasteiger partial charge in [-0.3, -0.25) is 4.79 Å². The Balaban J connectivity index is 2.58. The minimum Gasteiger partial charge on any atom is -0.465 e. The number of hydrogen-bond donors (Lipinski definition) is 5. The van der Waals surface area contributed by atoms with Crippen molar-refractivity contribution in [1.29, 1.82) is 0 Å². The van der Waals surface area contributed by atoms with Crippen LogP contribution in [0, 0.1) is 23.5 Å². The molecule has 0 aliphatic carbocycles. The second-order valence-corrected chi connectivity index (χ2v) is 7.30. The van der Waals surface area contributed by atoms with Crippen LogP contribution < -0.4 is 16.0 Å². The molecule has 28 heavy (non-hydrogen) atoms. The topological polar surface area (TPSA) is 111 Å². The van der Waals surface area contributed by atoms with Crippen LogP contribution in [0.1, 0.15) is 26.3 Å². The summed E-state index contributed by atoms with van der Waals surface area (Å²) < 4.78 is 26.7. The van der Waals surface area contributed by atoms with Gasteiger partial charge in [-0.05, 0) is 30.0 Å². The Kier molecular flexibility index (Phi) is 9.81. The first-order valence-corrected chi connectivity index (χ1v) is 9.19. The first-order valence-electron chi connectivity index (χ1n) is 9.19. The van der Waals surface area contributed by atoms with E-state index >= 15 is 0 Å². The molecule has 0 saturated carbocycles. The second kappa shape index (κ2) is 11.6. The maximum atomic E-state index is 13.3. The van der Waals surface area contributed by atoms with Gasteiger partial charge >= 0.3 is 6.09 Å². The highest BCUT2D eigenvalue weighted by Crippen LogP contribution is 2.12. The van der Waals surface area contributed by atoms with E-state index in [4.69, 9.17) is 5.11 Å². The van der Waals surface area contributed by atoms with Crippen LogP contribution in [0.2, 0.25) is 0 Å². The molecule has 1 unspecified atom stereocenters. The minimum atomic E-state index is -1.36. The predicted molar refractivity (Wildman–Crippen MR) is 101 cm³/mol. The van der Waals surface area contributed by atoms with Gasteiger partial charge in [0.2, 0.25) is 5.91 Å². The number of hydrogen-bond acceptors (Lipinski definition) is 4. The predicted octanol–water partition coefficient (Wildman–Crippen LogP) is 1.50. The molecule has 0 aromatic heterocycles. The van der Waals surface area contributed by atoms with Crippen LogP contribution in [-0.4, -0.2) is 54.0 Å². The Bertz CT molecular complexity index is 638. The van der Waals surface area contributed by atoms with Gasteiger partial charge < -0.3 is 26.2 Å². The fourth-order valence-corrected chi connectivity index (χ4v) is 2.59. The number of carbonyl (C=O) groups is 2. The number of rotatable bonds is 11. The quantitative estimate of drug-likeness (QED) is 0.386. The lowest BCUT2D eigenvalue weighted by Gasteiger charge is -2.24. The molecule has 0 heterocycles. The average Bonchev–Trinajstić information content (AvgIpc) is 2.57. The molecule has 0 aliphatic rings. The lowest BCUT2D eigenvalue weighted by atomic mass is 10.0. The largest absolute Gasteiger partial charge is 0.465 e. The van der Waals surface area contributed by atoms with Crippen LogP contribution in [-0.2, 0) is 11.2 Å². The number of aliphatic hydroxyl groups is 1. The van der Waals surface area contributed by atoms with Crippen LogP contribution in [0.4, 0.5) is 13.6 Å². The van der Waals surface area contributed by atoms with E-state index in [1.54, 1.807) is 6.92 Å². The van der Waals surface area contributed by atoms with Crippen molar-refractivity contribution in [3.05, 3.63) is 35.4 Å². The molecule has 0 aliphatic heterocycles. The van der Waals surface area contributed by atoms with E-state index in [1.165, 1.54) is 0 Å². The Labute approximate surface area is 163 Å². The van der Waals surface area contributed by atoms with Crippen molar-refractivity contribution in [2.45, 2.75) is 39.3 Å². The monoisotopic (exact) mass is 401 g/mol. The molecule has 3 atom stereocenters. The van der Waals surface area contributed by atoms with E-state index in [0.717, 1.165) is 12.1 Å². The number of amides is 2. The van der Waals surface area contributed by atoms with Crippen molar-refractivity contribution in [2.75, 3.05) is 19.6 Å². The van der Waals surface area contributed by atoms with Gasteiger partial charge in [-0.15, -0.1) is 0 Å². The molecule has 1 rings (SSSR count). The average molecular weight is 401 g/mol. The van der Waals surface area contributed by atoms with Crippen LogP contribution in [0.25, 0.3) is 0 Å². The van der Waals surface area contributed by atoms with Crippen LogP contribution >= 0.6 is 0 Å². The Hall–Kier alpha value is -2.26. The van der Waals surface area contributed by atoms with Crippen molar-refractivity contribution in [3.8, 4) is 0 Å². The lowest BCUT2D eigenvalue weighted by molar-refractivity contribution is -0.124. The number of nitrogens with one attached hydrogen (secondary N) is 3. The fourth-order valence-electron chi connectivity index (χ4n) is 2.59. The summed E-state index contributed by atoms with van der Waals surface area (Å²) in [5.41, 5.74) is 0.219. The third-order valence-corrected chi connectivity index (χ3v) is 4.09. The number of benzene rings is 1. The van der Waals surface area contributed by atoms with Gasteiger partial charge in [0, 0.05) is 31.6 Å². The molecule has 9 heteroatoms. The highest BCUT2D eigenvalue weighted by Gasteiger charge is 2.23. The Morgan fingerprint density at radius 3 is 2.18 bits per heavy atom. The molecule has 0 saturated heterocycles. The van der Waals surface area contributed by atoms with Crippen molar-refractivity contribution in [3.63, 3.8) is 0 Å². The fraction of sp³-hybridized carbons (Fsp3) is 0.579. The third kappa shape index (κ3) is 9.09. The number of aliphatic hydroxyl groups excluding tert-OH is 1. The van der Waals surface area contributed by atoms with Gasteiger partial charge in [0.25, 0.3) is 0 Å². The summed E-state index contributed by atoms with van der Waals surface area (Å²) in [6.45, 7) is 6.57. The van der Waals surface area contributed by atoms with E-state index in [1.807, 2.05) is 13.8 Å². The maximum Gasteiger partial charge on any atom is 0.404 e. The Morgan fingerprint density at radius 2 is 1.64 bits per heavy atom. The summed E-state index contributed by atoms with van der Waals surface area (Å²) >= 11 is 0. The summed E-state index contributed by atoms with van der Waals surface area (Å²) in [5, 5.41) is 27.2. The van der Waals surface area contributed by atoms with Gasteiger partial charge in [0.1, 0.15) is 11.6 Å². The second-order valence-electron chi connectivity index (χ2n) is 7.30. The lowest BCUT2D eigenvalue weighted by Crippen LogP contribution is -2.49. The Morgan fingerprint density at radius 1 is 1.04 bits per heavy atom. The van der Waals surface area contributed by atoms with Crippen molar-refractivity contribution < 1.29 is 28.6 Å². The summed E-state index contributed by atoms with van der Waals surface area (Å²) in [6, 6.07) is 1.91. The standard InChI is InChI=1S/C19H29F2N3O4/c1-11(2)8-23-18(26)12(3)9-22-10-17(25)16(24-19(27)28)6-13-4-14(20)7-15(21)5-13/h4-5,7,11-12,16-17,22,24-25H,6,8-10H2,1-3H3,(H,23,26)(H,27,28)/t12?,16-,17-/m0/s1. The molecule has 1 aromatic carbocycles. The smallest absolute Gasteiger partial charge is 0.404 e. The highest BCUT2D eigenvalue weighted by molar-refractivity contribution is 5.78. The van der Waals surface area contributed by atoms with E-state index in [2.05, 4.69) is 16.0 Å². The molecule has 2 amide bonds. The normalized spacial score (nSPS) is 14.4. The van der Waals surface area contributed by atoms with Crippen LogP contribution in [0.3, 0.4) is 0 Å². The van der Waals surface area contributed by atoms with Crippen molar-refractivity contribution >= 4 is 12.0 Å². The third-order valence-electron chi connectivity index (χ3n) is 4.09. The number of carbonyl (C=O) groups excluding carboxylic acids is 1. The minimum absolute atomic E-state index is 0.00451. The molecule has 0 bridgehead atoms. The highest BCUT2D eigenvalue weighted by atomic mass is 19.1. The summed E-state index contributed by atoms with van der Waals surface area (Å²) in [5.74, 6) is -1.68. The van der Waals surface area contributed by atoms with E-state index < -0.39 is 29.9 Å². The summed E-state index contributed by atoms with van der Waals surface area (Å²) in [7, 11) is 0. The van der Waals surface area contributed by atoms with E-state index in [0.29, 0.717) is 18.5 Å². The summed E-state index contributed by atoms with van der Waals surface area (Å²) in [6.07, 6.45) is -2.61. The summed E-state index contributed by atoms with van der Waals surface area (Å²) in [4.78, 5) is 22.9. The zero-order valence-electron chi connectivity index (χ0n) is 16.3. The molecule has 158 valence electrons. The van der Waals surface area contributed by atoms with Crippen LogP contribution in [0.15, 0.2) is 18.2 Å². The SMILES string of the molecule is CC(C)CNC(=O)C(C)CNC[C@H](O)[C@H](Cc1cc(F)cc(F)c1)NC(=O)O. The molecular weight excluding hydrogens is 372 g/mol. The van der Waals surface area contributed by atoms with Crippen molar-refractivity contribution in [2.24, 2.45) is 11.8 Å². The number of halogens is 2. The molecule has 0 radical (unpaired) electrons. The molecule has 0 fully saturated rings. The van der Waals surface area contributed by atoms with Gasteiger partial charge in [-0.2, -0.15) is 0 Å². The maximum absolute atomic E-state index is 13.3. The van der Waals surface area contributed by atoms with Gasteiger partial charge in [-0.1, -0.05) is 20.8 Å². The number of carboxylic acid groups (broad SMARTS) is 1. The molecular formula is C19H29F2N3O4. The van der Waals surface area contributed by atoms with E-state index in [-0.39, 0.29) is 36.9 Å². The van der Waals surface area contributed by atoms with Crippen LogP contribution in [0.5, 0.6) is 0 Å². The van der Waals surface area contributed by atoms with Crippen molar-refractivity contribution in [1.82, 2.24) is 16.0 Å². The zero-order chi connectivity index (χ0) is 21.3. The molecule has 7 nitrogen and oxygen atoms in total. The van der Waals surface area contributed by atoms with Gasteiger partial charge in [-0.25, -0.2) is 13.6 Å². The van der Waals surface area contributed by atoms with E-state index in [9.17, 15) is 23.5 Å². The molecule has 5 N–H and O–H groups in total. The first-order chi connectivity index (χ1) is 13.1. The van der Waals surface area contributed by atoms with Gasteiger partial charge in [0.05, 0.1) is 12.1 Å². The first kappa shape index (κ1) is 23.8. The molecule has 0 spiro atoms. The van der Waals surface area contributed by atoms with Gasteiger partial charge in [0.15, 0.2) is 0 Å². The zero-order valence-corrected chi connectivity index (χ0v) is 16.3. The molecule has 1 aromatic rings.